The molecule has 2 aliphatic heterocycles. The Balaban J connectivity index is 1.31. The number of aromatic nitrogens is 4. The van der Waals surface area contributed by atoms with E-state index in [0.29, 0.717) is 0 Å². The monoisotopic (exact) mass is 820 g/mol. The molecule has 2 aromatic rings. The minimum absolute atomic E-state index is 0.731. The molecular formula is C19H28N4O20P4S2. The number of nitrogens with one attached hydrogen (secondary N) is 2. The van der Waals surface area contributed by atoms with Crippen LogP contribution in [-0.4, -0.2) is 115 Å². The molecule has 0 spiro atoms. The molecule has 2 fully saturated rings. The Bertz CT molecular complexity index is 1830. The zero-order valence-corrected chi connectivity index (χ0v) is 29.2. The molecule has 4 rings (SSSR count). The van der Waals surface area contributed by atoms with Gasteiger partial charge in [-0.25, -0.2) is 18.2 Å². The molecule has 49 heavy (non-hydrogen) atoms. The van der Waals surface area contributed by atoms with Crippen molar-refractivity contribution in [2.24, 2.45) is 0 Å². The van der Waals surface area contributed by atoms with Crippen LogP contribution in [0.2, 0.25) is 0 Å². The van der Waals surface area contributed by atoms with Gasteiger partial charge < -0.3 is 58.5 Å². The van der Waals surface area contributed by atoms with Gasteiger partial charge in [-0.15, -0.1) is 0 Å². The molecule has 12 atom stereocenters. The molecule has 2 aromatic heterocycles. The molecule has 4 unspecified atom stereocenters. The summed E-state index contributed by atoms with van der Waals surface area (Å²) in [6.07, 6.45) is -11.3. The Morgan fingerprint density at radius 3 is 1.35 bits per heavy atom. The van der Waals surface area contributed by atoms with Crippen molar-refractivity contribution in [2.75, 3.05) is 19.1 Å². The normalized spacial score (nSPS) is 32.2. The minimum atomic E-state index is -5.44. The molecule has 30 heteroatoms. The highest BCUT2D eigenvalue weighted by atomic mass is 32.5. The maximum atomic E-state index is 12.6. The van der Waals surface area contributed by atoms with Gasteiger partial charge in [-0.05, 0) is 23.6 Å². The molecule has 2 aliphatic rings. The summed E-state index contributed by atoms with van der Waals surface area (Å²) in [5.41, 5.74) is -3.53. The van der Waals surface area contributed by atoms with Crippen LogP contribution in [0.25, 0.3) is 0 Å². The number of hydrogen-bond acceptors (Lipinski definition) is 18. The number of ether oxygens (including phenoxy) is 2. The van der Waals surface area contributed by atoms with Crippen molar-refractivity contribution >= 4 is 52.2 Å². The molecule has 10 N–H and O–H groups in total. The topological polar surface area (TPSA) is 361 Å². The maximum absolute atomic E-state index is 12.6. The summed E-state index contributed by atoms with van der Waals surface area (Å²) in [5.74, 6) is -1.85. The summed E-state index contributed by atoms with van der Waals surface area (Å²) < 4.78 is 56.0. The first kappa shape index (κ1) is 40.3. The SMILES string of the molecule is O=c1ccn([C@@H]2O[C@H](COP(O)(=S)OP(=O)(O)CP(=O)(O)OP(O)(=S)OC[C@H]3O[C@@H](n4ccc(=O)[nH]c4=O)[C@H](O)[C@@H]3O)[C@@H](O)[C@H]2O)c(=O)[nH]1. The molecule has 0 bridgehead atoms. The van der Waals surface area contributed by atoms with Crippen LogP contribution in [0.1, 0.15) is 12.5 Å². The smallest absolute Gasteiger partial charge is 0.347 e. The van der Waals surface area contributed by atoms with E-state index in [0.717, 1.165) is 33.7 Å². The Morgan fingerprint density at radius 1 is 0.673 bits per heavy atom. The Kier molecular flexibility index (Phi) is 12.6. The van der Waals surface area contributed by atoms with Crippen molar-refractivity contribution in [3.63, 3.8) is 0 Å². The first-order valence-corrected chi connectivity index (χ1v) is 21.9. The third kappa shape index (κ3) is 10.3. The van der Waals surface area contributed by atoms with Crippen molar-refractivity contribution in [2.45, 2.75) is 49.1 Å². The van der Waals surface area contributed by atoms with E-state index < -0.39 is 119 Å². The van der Waals surface area contributed by atoms with E-state index in [-0.39, 0.29) is 0 Å². The van der Waals surface area contributed by atoms with Crippen LogP contribution in [-0.2, 0) is 59.9 Å². The van der Waals surface area contributed by atoms with Crippen molar-refractivity contribution in [3.8, 4) is 0 Å². The fourth-order valence-corrected chi connectivity index (χ4v) is 13.4. The number of aliphatic hydroxyl groups is 4. The summed E-state index contributed by atoms with van der Waals surface area (Å²) in [5, 5.41) is 41.1. The Morgan fingerprint density at radius 2 is 1.02 bits per heavy atom. The number of rotatable bonds is 14. The molecule has 0 aromatic carbocycles. The third-order valence-corrected chi connectivity index (χ3v) is 15.9. The first-order valence-electron chi connectivity index (χ1n) is 13.2. The molecular weight excluding hydrogens is 792 g/mol. The van der Waals surface area contributed by atoms with Gasteiger partial charge in [-0.3, -0.25) is 37.8 Å². The molecule has 2 saturated heterocycles. The van der Waals surface area contributed by atoms with E-state index in [4.69, 9.17) is 18.5 Å². The van der Waals surface area contributed by atoms with E-state index in [1.807, 2.05) is 9.97 Å². The lowest BCUT2D eigenvalue weighted by molar-refractivity contribution is -0.0526. The number of hydrogen-bond donors (Lipinski definition) is 10. The second-order valence-corrected chi connectivity index (χ2v) is 20.4. The lowest BCUT2D eigenvalue weighted by Gasteiger charge is -2.24. The Hall–Kier alpha value is -1.44. The Labute approximate surface area is 281 Å². The molecule has 0 saturated carbocycles. The number of aliphatic hydroxyl groups excluding tert-OH is 4. The third-order valence-electron chi connectivity index (χ3n) is 6.55. The summed E-state index contributed by atoms with van der Waals surface area (Å²) in [6.45, 7) is -11.5. The van der Waals surface area contributed by atoms with Crippen LogP contribution in [0.3, 0.4) is 0 Å². The van der Waals surface area contributed by atoms with Crippen molar-refractivity contribution in [1.82, 2.24) is 19.1 Å². The second-order valence-electron chi connectivity index (χ2n) is 10.2. The molecule has 276 valence electrons. The molecule has 24 nitrogen and oxygen atoms in total. The van der Waals surface area contributed by atoms with Crippen molar-refractivity contribution < 1.29 is 76.3 Å². The van der Waals surface area contributed by atoms with E-state index in [9.17, 15) is 68.3 Å². The van der Waals surface area contributed by atoms with Crippen molar-refractivity contribution in [3.05, 3.63) is 66.2 Å². The zero-order valence-electron chi connectivity index (χ0n) is 24.0. The predicted molar refractivity (Wildman–Crippen MR) is 166 cm³/mol. The van der Waals surface area contributed by atoms with E-state index >= 15 is 0 Å². The number of H-pyrrole nitrogens is 2. The quantitative estimate of drug-likeness (QED) is 0.0816. The van der Waals surface area contributed by atoms with Crippen molar-refractivity contribution in [1.29, 1.82) is 0 Å². The zero-order chi connectivity index (χ0) is 36.7. The fourth-order valence-electron chi connectivity index (χ4n) is 4.43. The summed E-state index contributed by atoms with van der Waals surface area (Å²) in [4.78, 5) is 91.3. The van der Waals surface area contributed by atoms with Gasteiger partial charge in [0.15, 0.2) is 18.4 Å². The fraction of sp³-hybridized carbons (Fsp3) is 0.579. The summed E-state index contributed by atoms with van der Waals surface area (Å²) in [7, 11) is -10.9. The van der Waals surface area contributed by atoms with Crippen LogP contribution >= 0.6 is 28.6 Å². The molecule has 0 amide bonds. The highest BCUT2D eigenvalue weighted by Gasteiger charge is 2.48. The first-order chi connectivity index (χ1) is 22.5. The van der Waals surface area contributed by atoms with Gasteiger partial charge in [0.2, 0.25) is 0 Å². The van der Waals surface area contributed by atoms with Crippen LogP contribution in [0.15, 0.2) is 43.7 Å². The maximum Gasteiger partial charge on any atom is 0.347 e. The average molecular weight is 820 g/mol. The average Bonchev–Trinajstić information content (AvgIpc) is 3.38. The lowest BCUT2D eigenvalue weighted by Crippen LogP contribution is -2.37. The van der Waals surface area contributed by atoms with Gasteiger partial charge >= 0.3 is 40.0 Å². The van der Waals surface area contributed by atoms with Crippen LogP contribution in [0.5, 0.6) is 0 Å². The largest absolute Gasteiger partial charge is 0.387 e. The molecule has 0 aliphatic carbocycles. The highest BCUT2D eigenvalue weighted by molar-refractivity contribution is 8.09. The number of aromatic amines is 2. The van der Waals surface area contributed by atoms with Gasteiger partial charge in [0, 0.05) is 24.5 Å². The van der Waals surface area contributed by atoms with Gasteiger partial charge in [-0.2, -0.15) is 0 Å². The van der Waals surface area contributed by atoms with Gasteiger partial charge in [0.25, 0.3) is 11.1 Å². The van der Waals surface area contributed by atoms with Crippen LogP contribution < -0.4 is 22.5 Å². The van der Waals surface area contributed by atoms with E-state index in [1.54, 1.807) is 0 Å². The van der Waals surface area contributed by atoms with E-state index in [1.165, 1.54) is 0 Å². The summed E-state index contributed by atoms with van der Waals surface area (Å²) in [6, 6.07) is 1.85. The summed E-state index contributed by atoms with van der Waals surface area (Å²) >= 11 is 9.26. The van der Waals surface area contributed by atoms with Gasteiger partial charge in [0.1, 0.15) is 36.6 Å². The minimum Gasteiger partial charge on any atom is -0.387 e. The van der Waals surface area contributed by atoms with Crippen LogP contribution in [0.4, 0.5) is 0 Å². The molecule has 0 radical (unpaired) electrons. The molecule has 4 heterocycles. The standard InChI is InChI=1S/C19H28N4O20P4S2/c24-10-1-3-22(18(30)20-10)16-14(28)12(26)8(40-16)5-38-46(36,48)42-44(32,33)7-45(34,35)43-47(37,49)39-6-9-13(27)15(29)17(41-9)23-4-2-11(25)21-19(23)31/h1-4,8-9,12-17,26-29H,5-7H2,(H,32,33)(H,34,35)(H,36,48)(H,37,49)(H,20,24,30)(H,21,25,31)/t8-,9-,12-,13-,14-,15-,16-,17-,46?,47?/m1/s1. The number of nitrogens with zero attached hydrogens (tertiary/aromatic N) is 2. The second kappa shape index (κ2) is 15.3. The van der Waals surface area contributed by atoms with Crippen LogP contribution in [0, 0.1) is 0 Å². The van der Waals surface area contributed by atoms with E-state index in [2.05, 4.69) is 32.2 Å². The van der Waals surface area contributed by atoms with Gasteiger partial charge in [-0.1, -0.05) is 0 Å². The highest BCUT2D eigenvalue weighted by Crippen LogP contribution is 2.70. The predicted octanol–water partition coefficient (Wildman–Crippen LogP) is -3.85. The van der Waals surface area contributed by atoms with Gasteiger partial charge in [0.05, 0.1) is 13.2 Å². The lowest BCUT2D eigenvalue weighted by atomic mass is 10.1.